The topological polar surface area (TPSA) is 118 Å². The van der Waals surface area contributed by atoms with Gasteiger partial charge in [0.05, 0.1) is 23.0 Å². The minimum Gasteiger partial charge on any atom is -0.388 e. The van der Waals surface area contributed by atoms with E-state index in [1.54, 1.807) is 29.6 Å². The van der Waals surface area contributed by atoms with Crippen molar-refractivity contribution < 1.29 is 14.6 Å². The lowest BCUT2D eigenvalue weighted by Crippen LogP contribution is -2.69. The van der Waals surface area contributed by atoms with Crippen LogP contribution in [0.2, 0.25) is 0 Å². The number of amides is 1. The van der Waals surface area contributed by atoms with Crippen LogP contribution in [0, 0.1) is 6.92 Å². The Hall–Kier alpha value is -2.59. The molecule has 2 aromatic heterocycles. The molecule has 2 atom stereocenters. The summed E-state index contributed by atoms with van der Waals surface area (Å²) < 4.78 is 7.90. The maximum absolute atomic E-state index is 12.6. The van der Waals surface area contributed by atoms with Crippen LogP contribution >= 0.6 is 0 Å². The molecule has 1 spiro atoms. The van der Waals surface area contributed by atoms with Gasteiger partial charge in [0.25, 0.3) is 0 Å². The van der Waals surface area contributed by atoms with E-state index in [0.29, 0.717) is 51.9 Å². The van der Waals surface area contributed by atoms with E-state index in [1.165, 1.54) is 0 Å². The van der Waals surface area contributed by atoms with Gasteiger partial charge in [-0.15, -0.1) is 10.2 Å². The van der Waals surface area contributed by atoms with Crippen molar-refractivity contribution in [1.82, 2.24) is 30.0 Å². The molecule has 4 rings (SSSR count). The zero-order valence-electron chi connectivity index (χ0n) is 17.5. The minimum absolute atomic E-state index is 0.102. The molecular weight excluding hydrogens is 386 g/mol. The van der Waals surface area contributed by atoms with Crippen molar-refractivity contribution in [1.29, 1.82) is 0 Å². The molecule has 2 aliphatic heterocycles. The lowest BCUT2D eigenvalue weighted by atomic mass is 9.73. The standard InChI is InChI=1S/C20H29N7O3/c1-15-11-21-12-16(24-15)27-8-4-20(5-9-27)18(29)19(2,6-10-30-20)25-17(28)3-7-26-13-22-23-14-26/h11-14,18,29H,3-10H2,1-2H3,(H,25,28)/t18-,19+/m1/s1. The number of carbonyl (C=O) groups excluding carboxylic acids is 1. The predicted molar refractivity (Wildman–Crippen MR) is 109 cm³/mol. The molecule has 0 aliphatic carbocycles. The highest BCUT2D eigenvalue weighted by Gasteiger charge is 2.53. The van der Waals surface area contributed by atoms with Crippen LogP contribution in [0.5, 0.6) is 0 Å². The van der Waals surface area contributed by atoms with E-state index in [4.69, 9.17) is 4.74 Å². The SMILES string of the molecule is Cc1cncc(N2CCC3(CC2)OCC[C@](C)(NC(=O)CCn2cnnc2)[C@H]3O)n1. The molecule has 4 heterocycles. The molecule has 1 amide bonds. The van der Waals surface area contributed by atoms with Gasteiger partial charge in [0.15, 0.2) is 0 Å². The van der Waals surface area contributed by atoms with Crippen LogP contribution in [0.3, 0.4) is 0 Å². The summed E-state index contributed by atoms with van der Waals surface area (Å²) in [5.41, 5.74) is -0.514. The normalized spacial score (nSPS) is 26.0. The first-order valence-electron chi connectivity index (χ1n) is 10.4. The molecular formula is C20H29N7O3. The van der Waals surface area contributed by atoms with Gasteiger partial charge in [0.2, 0.25) is 5.91 Å². The van der Waals surface area contributed by atoms with Gasteiger partial charge in [-0.1, -0.05) is 0 Å². The largest absolute Gasteiger partial charge is 0.388 e. The molecule has 0 aromatic carbocycles. The van der Waals surface area contributed by atoms with Gasteiger partial charge in [0, 0.05) is 38.9 Å². The Morgan fingerprint density at radius 1 is 1.27 bits per heavy atom. The first kappa shape index (κ1) is 20.7. The van der Waals surface area contributed by atoms with Crippen molar-refractivity contribution in [3.63, 3.8) is 0 Å². The van der Waals surface area contributed by atoms with Gasteiger partial charge in [-0.25, -0.2) is 4.98 Å². The van der Waals surface area contributed by atoms with E-state index in [0.717, 1.165) is 11.5 Å². The van der Waals surface area contributed by atoms with Crippen molar-refractivity contribution in [3.05, 3.63) is 30.7 Å². The van der Waals surface area contributed by atoms with Crippen LogP contribution in [0.15, 0.2) is 25.0 Å². The summed E-state index contributed by atoms with van der Waals surface area (Å²) in [7, 11) is 0. The zero-order chi connectivity index (χ0) is 21.2. The first-order valence-corrected chi connectivity index (χ1v) is 10.4. The van der Waals surface area contributed by atoms with Crippen molar-refractivity contribution >= 4 is 11.7 Å². The second-order valence-electron chi connectivity index (χ2n) is 8.49. The quantitative estimate of drug-likeness (QED) is 0.723. The van der Waals surface area contributed by atoms with E-state index in [2.05, 4.69) is 30.4 Å². The van der Waals surface area contributed by atoms with E-state index in [-0.39, 0.29) is 5.91 Å². The van der Waals surface area contributed by atoms with Crippen molar-refractivity contribution in [2.24, 2.45) is 0 Å². The maximum Gasteiger partial charge on any atom is 0.222 e. The molecule has 0 radical (unpaired) electrons. The number of aryl methyl sites for hydroxylation is 2. The Labute approximate surface area is 175 Å². The summed E-state index contributed by atoms with van der Waals surface area (Å²) in [6.45, 7) is 6.27. The molecule has 2 saturated heterocycles. The van der Waals surface area contributed by atoms with E-state index in [1.807, 2.05) is 13.8 Å². The number of aliphatic hydroxyl groups is 1. The third-order valence-electron chi connectivity index (χ3n) is 6.28. The molecule has 0 unspecified atom stereocenters. The number of hydrogen-bond acceptors (Lipinski definition) is 8. The van der Waals surface area contributed by atoms with Crippen molar-refractivity contribution in [3.8, 4) is 0 Å². The van der Waals surface area contributed by atoms with Crippen LogP contribution in [0.4, 0.5) is 5.82 Å². The third-order valence-corrected chi connectivity index (χ3v) is 6.28. The number of carbonyl (C=O) groups is 1. The Bertz CT molecular complexity index is 867. The summed E-state index contributed by atoms with van der Waals surface area (Å²) in [5, 5.41) is 21.9. The smallest absolute Gasteiger partial charge is 0.222 e. The molecule has 2 fully saturated rings. The molecule has 2 aromatic rings. The predicted octanol–water partition coefficient (Wildman–Crippen LogP) is 0.462. The van der Waals surface area contributed by atoms with Gasteiger partial charge in [-0.05, 0) is 33.1 Å². The van der Waals surface area contributed by atoms with Gasteiger partial charge in [-0.3, -0.25) is 9.78 Å². The van der Waals surface area contributed by atoms with Gasteiger partial charge in [0.1, 0.15) is 24.6 Å². The van der Waals surface area contributed by atoms with Crippen LogP contribution in [-0.4, -0.2) is 72.7 Å². The summed E-state index contributed by atoms with van der Waals surface area (Å²) in [6.07, 6.45) is 8.08. The van der Waals surface area contributed by atoms with Gasteiger partial charge in [-0.2, -0.15) is 0 Å². The second-order valence-corrected chi connectivity index (χ2v) is 8.49. The Balaban J connectivity index is 1.38. The summed E-state index contributed by atoms with van der Waals surface area (Å²) >= 11 is 0. The number of ether oxygens (including phenoxy) is 1. The van der Waals surface area contributed by atoms with E-state index >= 15 is 0 Å². The first-order chi connectivity index (χ1) is 14.4. The number of rotatable bonds is 5. The molecule has 2 aliphatic rings. The highest BCUT2D eigenvalue weighted by molar-refractivity contribution is 5.76. The number of nitrogens with one attached hydrogen (secondary N) is 1. The average molecular weight is 415 g/mol. The number of nitrogens with zero attached hydrogens (tertiary/aromatic N) is 6. The number of aromatic nitrogens is 5. The van der Waals surface area contributed by atoms with Crippen molar-refractivity contribution in [2.75, 3.05) is 24.6 Å². The Morgan fingerprint density at radius 2 is 2.00 bits per heavy atom. The lowest BCUT2D eigenvalue weighted by Gasteiger charge is -2.53. The Morgan fingerprint density at radius 3 is 2.70 bits per heavy atom. The fourth-order valence-electron chi connectivity index (χ4n) is 4.48. The number of hydrogen-bond donors (Lipinski definition) is 2. The van der Waals surface area contributed by atoms with Crippen LogP contribution in [0.25, 0.3) is 0 Å². The summed E-state index contributed by atoms with van der Waals surface area (Å²) in [5.74, 6) is 0.745. The molecule has 0 saturated carbocycles. The second kappa shape index (κ2) is 8.27. The van der Waals surface area contributed by atoms with Gasteiger partial charge < -0.3 is 24.6 Å². The highest BCUT2D eigenvalue weighted by atomic mass is 16.5. The molecule has 30 heavy (non-hydrogen) atoms. The molecule has 10 heteroatoms. The summed E-state index contributed by atoms with van der Waals surface area (Å²) in [6, 6.07) is 0. The number of anilines is 1. The lowest BCUT2D eigenvalue weighted by molar-refractivity contribution is -0.198. The number of aliphatic hydroxyl groups excluding tert-OH is 1. The monoisotopic (exact) mass is 415 g/mol. The molecule has 0 bridgehead atoms. The minimum atomic E-state index is -0.789. The van der Waals surface area contributed by atoms with Crippen LogP contribution in [0.1, 0.15) is 38.3 Å². The fraction of sp³-hybridized carbons (Fsp3) is 0.650. The van der Waals surface area contributed by atoms with Gasteiger partial charge >= 0.3 is 0 Å². The number of piperidine rings is 1. The molecule has 162 valence electrons. The summed E-state index contributed by atoms with van der Waals surface area (Å²) in [4.78, 5) is 23.5. The van der Waals surface area contributed by atoms with Crippen LogP contribution in [-0.2, 0) is 16.1 Å². The molecule has 2 N–H and O–H groups in total. The highest BCUT2D eigenvalue weighted by Crippen LogP contribution is 2.40. The maximum atomic E-state index is 12.6. The van der Waals surface area contributed by atoms with E-state index in [9.17, 15) is 9.90 Å². The Kier molecular flexibility index (Phi) is 5.70. The van der Waals surface area contributed by atoms with Crippen molar-refractivity contribution in [2.45, 2.75) is 63.3 Å². The average Bonchev–Trinajstić information content (AvgIpc) is 3.25. The zero-order valence-corrected chi connectivity index (χ0v) is 17.5. The third kappa shape index (κ3) is 4.15. The molecule has 10 nitrogen and oxygen atoms in total. The van der Waals surface area contributed by atoms with E-state index < -0.39 is 17.2 Å². The fourth-order valence-corrected chi connectivity index (χ4v) is 4.48. The van der Waals surface area contributed by atoms with Crippen LogP contribution < -0.4 is 10.2 Å².